The number of nitrogens with one attached hydrogen (secondary N) is 1. The number of fused-ring (bicyclic) bond motifs is 2. The van der Waals surface area contributed by atoms with Crippen molar-refractivity contribution in [3.63, 3.8) is 0 Å². The summed E-state index contributed by atoms with van der Waals surface area (Å²) in [4.78, 5) is 14.9. The van der Waals surface area contributed by atoms with Crippen molar-refractivity contribution in [3.05, 3.63) is 35.4 Å². The molecule has 2 aliphatic rings. The summed E-state index contributed by atoms with van der Waals surface area (Å²) in [5.41, 5.74) is 1.84. The number of rotatable bonds is 3. The van der Waals surface area contributed by atoms with Crippen LogP contribution in [0.15, 0.2) is 24.3 Å². The molecule has 108 valence electrons. The Bertz CT molecular complexity index is 475. The van der Waals surface area contributed by atoms with Crippen molar-refractivity contribution < 1.29 is 9.53 Å². The average Bonchev–Trinajstić information content (AvgIpc) is 2.72. The van der Waals surface area contributed by atoms with Gasteiger partial charge in [-0.1, -0.05) is 12.1 Å². The Morgan fingerprint density at radius 1 is 1.35 bits per heavy atom. The number of ether oxygens (including phenoxy) is 1. The lowest BCUT2D eigenvalue weighted by Gasteiger charge is -2.28. The lowest BCUT2D eigenvalue weighted by atomic mass is 10.1. The summed E-state index contributed by atoms with van der Waals surface area (Å²) in [5, 5.41) is 3.43. The molecule has 20 heavy (non-hydrogen) atoms. The molecule has 0 saturated carbocycles. The highest BCUT2D eigenvalue weighted by Gasteiger charge is 2.38. The van der Waals surface area contributed by atoms with Crippen molar-refractivity contribution in [1.29, 1.82) is 0 Å². The summed E-state index contributed by atoms with van der Waals surface area (Å²) in [6.07, 6.45) is 3.34. The zero-order chi connectivity index (χ0) is 13.9. The maximum atomic E-state index is 12.8. The number of amides is 1. The zero-order valence-corrected chi connectivity index (χ0v) is 12.0. The fourth-order valence-electron chi connectivity index (χ4n) is 3.42. The number of carbonyl (C=O) groups excluding carboxylic acids is 1. The zero-order valence-electron chi connectivity index (χ0n) is 12.0. The summed E-state index contributed by atoms with van der Waals surface area (Å²) >= 11 is 0. The number of carbonyl (C=O) groups is 1. The standard InChI is InChI=1S/C16H22N2O2/c1-20-11-12-3-2-4-13(9-12)16(19)18-14-5-6-15(18)10-17-8-7-14/h2-4,9,14-15,17H,5-8,10-11H2,1H3. The van der Waals surface area contributed by atoms with Gasteiger partial charge in [-0.15, -0.1) is 0 Å². The fourth-order valence-corrected chi connectivity index (χ4v) is 3.42. The normalized spacial score (nSPS) is 25.6. The van der Waals surface area contributed by atoms with Crippen LogP contribution in [0, 0.1) is 0 Å². The molecule has 2 aliphatic heterocycles. The summed E-state index contributed by atoms with van der Waals surface area (Å²) in [6, 6.07) is 8.59. The van der Waals surface area contributed by atoms with E-state index >= 15 is 0 Å². The van der Waals surface area contributed by atoms with Gasteiger partial charge < -0.3 is 15.0 Å². The number of hydrogen-bond donors (Lipinski definition) is 1. The first-order chi connectivity index (χ1) is 9.79. The minimum absolute atomic E-state index is 0.180. The van der Waals surface area contributed by atoms with E-state index in [4.69, 9.17) is 4.74 Å². The third-order valence-corrected chi connectivity index (χ3v) is 4.37. The molecule has 2 atom stereocenters. The largest absolute Gasteiger partial charge is 0.380 e. The molecule has 2 heterocycles. The molecule has 2 saturated heterocycles. The minimum Gasteiger partial charge on any atom is -0.380 e. The molecule has 0 aromatic heterocycles. The lowest BCUT2D eigenvalue weighted by molar-refractivity contribution is 0.0680. The molecule has 1 N–H and O–H groups in total. The van der Waals surface area contributed by atoms with Gasteiger partial charge in [0.25, 0.3) is 5.91 Å². The molecule has 2 bridgehead atoms. The summed E-state index contributed by atoms with van der Waals surface area (Å²) in [7, 11) is 1.68. The monoisotopic (exact) mass is 274 g/mol. The third-order valence-electron chi connectivity index (χ3n) is 4.37. The SMILES string of the molecule is COCc1cccc(C(=O)N2C3CCNCC2CC3)c1. The van der Waals surface area contributed by atoms with E-state index in [1.165, 1.54) is 0 Å². The highest BCUT2D eigenvalue weighted by atomic mass is 16.5. The molecule has 0 radical (unpaired) electrons. The van der Waals surface area contributed by atoms with Gasteiger partial charge in [0, 0.05) is 31.3 Å². The predicted molar refractivity (Wildman–Crippen MR) is 77.6 cm³/mol. The molecular formula is C16H22N2O2. The Hall–Kier alpha value is -1.39. The highest BCUT2D eigenvalue weighted by Crippen LogP contribution is 2.29. The first-order valence-electron chi connectivity index (χ1n) is 7.41. The molecule has 4 nitrogen and oxygen atoms in total. The fraction of sp³-hybridized carbons (Fsp3) is 0.562. The van der Waals surface area contributed by atoms with E-state index in [0.717, 1.165) is 43.5 Å². The molecule has 1 amide bonds. The molecular weight excluding hydrogens is 252 g/mol. The molecule has 4 heteroatoms. The van der Waals surface area contributed by atoms with E-state index < -0.39 is 0 Å². The van der Waals surface area contributed by atoms with Crippen molar-refractivity contribution in [2.24, 2.45) is 0 Å². The Labute approximate surface area is 120 Å². The molecule has 0 aliphatic carbocycles. The van der Waals surface area contributed by atoms with Crippen LogP contribution in [-0.2, 0) is 11.3 Å². The smallest absolute Gasteiger partial charge is 0.254 e. The second-order valence-corrected chi connectivity index (χ2v) is 5.72. The van der Waals surface area contributed by atoms with E-state index in [1.54, 1.807) is 7.11 Å². The molecule has 2 fully saturated rings. The molecule has 2 unspecified atom stereocenters. The van der Waals surface area contributed by atoms with Crippen LogP contribution in [0.5, 0.6) is 0 Å². The number of benzene rings is 1. The summed E-state index contributed by atoms with van der Waals surface area (Å²) in [6.45, 7) is 2.50. The minimum atomic E-state index is 0.180. The first kappa shape index (κ1) is 13.6. The van der Waals surface area contributed by atoms with Crippen LogP contribution in [0.4, 0.5) is 0 Å². The first-order valence-corrected chi connectivity index (χ1v) is 7.41. The highest BCUT2D eigenvalue weighted by molar-refractivity contribution is 5.95. The maximum absolute atomic E-state index is 12.8. The van der Waals surface area contributed by atoms with Crippen LogP contribution < -0.4 is 5.32 Å². The maximum Gasteiger partial charge on any atom is 0.254 e. The lowest BCUT2D eigenvalue weighted by Crippen LogP contribution is -2.42. The Kier molecular flexibility index (Phi) is 4.03. The van der Waals surface area contributed by atoms with Crippen LogP contribution in [-0.4, -0.2) is 43.1 Å². The Morgan fingerprint density at radius 3 is 3.05 bits per heavy atom. The van der Waals surface area contributed by atoms with E-state index in [0.29, 0.717) is 18.7 Å². The Morgan fingerprint density at radius 2 is 2.20 bits per heavy atom. The van der Waals surface area contributed by atoms with Crippen molar-refractivity contribution in [2.75, 3.05) is 20.2 Å². The van der Waals surface area contributed by atoms with Gasteiger partial charge in [0.15, 0.2) is 0 Å². The van der Waals surface area contributed by atoms with E-state index in [1.807, 2.05) is 24.3 Å². The van der Waals surface area contributed by atoms with Gasteiger partial charge in [0.2, 0.25) is 0 Å². The quantitative estimate of drug-likeness (QED) is 0.914. The molecule has 1 aromatic carbocycles. The van der Waals surface area contributed by atoms with Crippen LogP contribution in [0.3, 0.4) is 0 Å². The van der Waals surface area contributed by atoms with Gasteiger partial charge in [-0.2, -0.15) is 0 Å². The number of methoxy groups -OCH3 is 1. The second kappa shape index (κ2) is 5.94. The van der Waals surface area contributed by atoms with Crippen LogP contribution >= 0.6 is 0 Å². The summed E-state index contributed by atoms with van der Waals surface area (Å²) in [5.74, 6) is 0.180. The summed E-state index contributed by atoms with van der Waals surface area (Å²) < 4.78 is 5.15. The van der Waals surface area contributed by atoms with Crippen LogP contribution in [0.2, 0.25) is 0 Å². The van der Waals surface area contributed by atoms with Gasteiger partial charge in [0.1, 0.15) is 0 Å². The van der Waals surface area contributed by atoms with E-state index in [-0.39, 0.29) is 5.91 Å². The molecule has 3 rings (SSSR count). The van der Waals surface area contributed by atoms with E-state index in [9.17, 15) is 4.79 Å². The molecule has 1 aromatic rings. The molecule has 0 spiro atoms. The van der Waals surface area contributed by atoms with Crippen LogP contribution in [0.25, 0.3) is 0 Å². The Balaban J connectivity index is 1.82. The number of hydrogen-bond acceptors (Lipinski definition) is 3. The van der Waals surface area contributed by atoms with Gasteiger partial charge in [-0.3, -0.25) is 4.79 Å². The van der Waals surface area contributed by atoms with Gasteiger partial charge in [-0.25, -0.2) is 0 Å². The van der Waals surface area contributed by atoms with Crippen molar-refractivity contribution in [1.82, 2.24) is 10.2 Å². The topological polar surface area (TPSA) is 41.6 Å². The van der Waals surface area contributed by atoms with Crippen molar-refractivity contribution in [3.8, 4) is 0 Å². The average molecular weight is 274 g/mol. The van der Waals surface area contributed by atoms with Gasteiger partial charge >= 0.3 is 0 Å². The van der Waals surface area contributed by atoms with Crippen LogP contribution in [0.1, 0.15) is 35.2 Å². The van der Waals surface area contributed by atoms with Gasteiger partial charge in [-0.05, 0) is 43.5 Å². The van der Waals surface area contributed by atoms with Crippen molar-refractivity contribution >= 4 is 5.91 Å². The van der Waals surface area contributed by atoms with Gasteiger partial charge in [0.05, 0.1) is 6.61 Å². The van der Waals surface area contributed by atoms with E-state index in [2.05, 4.69) is 10.2 Å². The number of nitrogens with zero attached hydrogens (tertiary/aromatic N) is 1. The second-order valence-electron chi connectivity index (χ2n) is 5.72. The predicted octanol–water partition coefficient (Wildman–Crippen LogP) is 1.80. The third kappa shape index (κ3) is 2.58. The van der Waals surface area contributed by atoms with Crippen molar-refractivity contribution in [2.45, 2.75) is 38.0 Å².